The molecule has 17 heavy (non-hydrogen) atoms. The number of likely N-dealkylation sites (N-methyl/N-ethyl adjacent to an activating group) is 1. The Hall–Kier alpha value is -1.66. The third-order valence-corrected chi connectivity index (χ3v) is 2.53. The Morgan fingerprint density at radius 2 is 2.18 bits per heavy atom. The summed E-state index contributed by atoms with van der Waals surface area (Å²) in [5, 5.41) is 29.1. The van der Waals surface area contributed by atoms with Crippen LogP contribution in [0.15, 0.2) is 18.2 Å². The van der Waals surface area contributed by atoms with Crippen molar-refractivity contribution in [1.29, 1.82) is 0 Å². The predicted molar refractivity (Wildman–Crippen MR) is 64.1 cm³/mol. The summed E-state index contributed by atoms with van der Waals surface area (Å²) in [5.41, 5.74) is 0.852. The molecule has 0 bridgehead atoms. The Labute approximate surface area is 99.3 Å². The molecule has 0 spiro atoms. The highest BCUT2D eigenvalue weighted by atomic mass is 16.6. The van der Waals surface area contributed by atoms with Crippen molar-refractivity contribution in [3.8, 4) is 0 Å². The normalized spacial score (nSPS) is 12.2. The topological polar surface area (TPSA) is 86.8 Å². The number of anilines is 1. The van der Waals surface area contributed by atoms with E-state index in [1.165, 1.54) is 6.07 Å². The lowest BCUT2D eigenvalue weighted by atomic mass is 10.1. The van der Waals surface area contributed by atoms with Gasteiger partial charge in [0.1, 0.15) is 5.69 Å². The van der Waals surface area contributed by atoms with E-state index in [-0.39, 0.29) is 12.3 Å². The zero-order valence-electron chi connectivity index (χ0n) is 9.83. The van der Waals surface area contributed by atoms with Crippen molar-refractivity contribution >= 4 is 11.4 Å². The van der Waals surface area contributed by atoms with Gasteiger partial charge in [0.15, 0.2) is 0 Å². The predicted octanol–water partition coefficient (Wildman–Crippen LogP) is 1.08. The van der Waals surface area contributed by atoms with Crippen LogP contribution in [0, 0.1) is 10.1 Å². The Bertz CT molecular complexity index is 406. The van der Waals surface area contributed by atoms with Gasteiger partial charge in [0.05, 0.1) is 17.6 Å². The molecule has 0 heterocycles. The Kier molecular flexibility index (Phi) is 4.42. The van der Waals surface area contributed by atoms with Gasteiger partial charge >= 0.3 is 0 Å². The third kappa shape index (κ3) is 3.15. The van der Waals surface area contributed by atoms with E-state index in [4.69, 9.17) is 5.11 Å². The summed E-state index contributed by atoms with van der Waals surface area (Å²) in [6, 6.07) is 4.57. The Balaban J connectivity index is 3.17. The molecule has 0 saturated carbocycles. The van der Waals surface area contributed by atoms with Crippen molar-refractivity contribution < 1.29 is 15.1 Å². The smallest absolute Gasteiger partial charge is 0.292 e. The molecular formula is C11H16N2O4. The molecule has 6 nitrogen and oxygen atoms in total. The van der Waals surface area contributed by atoms with Crippen LogP contribution < -0.4 is 4.90 Å². The molecule has 2 N–H and O–H groups in total. The number of hydrogen-bond acceptors (Lipinski definition) is 5. The Morgan fingerprint density at radius 3 is 2.65 bits per heavy atom. The average molecular weight is 240 g/mol. The second-order valence-corrected chi connectivity index (χ2v) is 3.83. The molecule has 0 saturated heterocycles. The van der Waals surface area contributed by atoms with Crippen LogP contribution in [-0.4, -0.2) is 35.3 Å². The number of nitro benzene ring substituents is 1. The van der Waals surface area contributed by atoms with Crippen molar-refractivity contribution in [2.24, 2.45) is 0 Å². The van der Waals surface area contributed by atoms with Gasteiger partial charge in [-0.15, -0.1) is 0 Å². The third-order valence-electron chi connectivity index (χ3n) is 2.53. The molecule has 0 aromatic heterocycles. The van der Waals surface area contributed by atoms with Crippen molar-refractivity contribution in [2.75, 3.05) is 25.1 Å². The molecule has 1 aromatic rings. The number of benzene rings is 1. The first-order chi connectivity index (χ1) is 7.97. The van der Waals surface area contributed by atoms with Gasteiger partial charge in [0.25, 0.3) is 5.69 Å². The maximum absolute atomic E-state index is 10.9. The zero-order chi connectivity index (χ0) is 13.0. The molecule has 0 radical (unpaired) electrons. The highest BCUT2D eigenvalue weighted by molar-refractivity contribution is 5.64. The maximum atomic E-state index is 10.9. The van der Waals surface area contributed by atoms with E-state index in [0.717, 1.165) is 0 Å². The first kappa shape index (κ1) is 13.4. The number of aliphatic hydroxyl groups excluding tert-OH is 2. The number of hydrogen-bond donors (Lipinski definition) is 2. The van der Waals surface area contributed by atoms with Crippen LogP contribution in [0.4, 0.5) is 11.4 Å². The summed E-state index contributed by atoms with van der Waals surface area (Å²) in [4.78, 5) is 12.1. The standard InChI is InChI=1S/C11H16N2O4/c1-8(15)9-3-4-10(12(2)5-6-14)11(7-9)13(16)17/h3-4,7-8,14-15H,5-6H2,1-2H3. The highest BCUT2D eigenvalue weighted by Gasteiger charge is 2.18. The molecular weight excluding hydrogens is 224 g/mol. The van der Waals surface area contributed by atoms with Crippen molar-refractivity contribution in [3.05, 3.63) is 33.9 Å². The van der Waals surface area contributed by atoms with E-state index in [2.05, 4.69) is 0 Å². The van der Waals surface area contributed by atoms with Crippen LogP contribution in [-0.2, 0) is 0 Å². The van der Waals surface area contributed by atoms with Gasteiger partial charge in [-0.1, -0.05) is 6.07 Å². The molecule has 0 aliphatic heterocycles. The zero-order valence-corrected chi connectivity index (χ0v) is 9.83. The van der Waals surface area contributed by atoms with E-state index in [1.54, 1.807) is 31.0 Å². The summed E-state index contributed by atoms with van der Waals surface area (Å²) in [6.07, 6.45) is -0.745. The minimum atomic E-state index is -0.745. The van der Waals surface area contributed by atoms with Crippen LogP contribution in [0.25, 0.3) is 0 Å². The van der Waals surface area contributed by atoms with E-state index < -0.39 is 11.0 Å². The van der Waals surface area contributed by atoms with Crippen LogP contribution in [0.2, 0.25) is 0 Å². The van der Waals surface area contributed by atoms with Gasteiger partial charge in [-0.25, -0.2) is 0 Å². The van der Waals surface area contributed by atoms with E-state index in [1.807, 2.05) is 0 Å². The van der Waals surface area contributed by atoms with Crippen LogP contribution in [0.1, 0.15) is 18.6 Å². The molecule has 0 aliphatic carbocycles. The monoisotopic (exact) mass is 240 g/mol. The lowest BCUT2D eigenvalue weighted by Gasteiger charge is -2.18. The van der Waals surface area contributed by atoms with Gasteiger partial charge in [0.2, 0.25) is 0 Å². The fourth-order valence-corrected chi connectivity index (χ4v) is 1.54. The van der Waals surface area contributed by atoms with E-state index >= 15 is 0 Å². The molecule has 0 aliphatic rings. The van der Waals surface area contributed by atoms with E-state index in [9.17, 15) is 15.2 Å². The summed E-state index contributed by atoms with van der Waals surface area (Å²) in [7, 11) is 1.67. The molecule has 1 unspecified atom stereocenters. The lowest BCUT2D eigenvalue weighted by molar-refractivity contribution is -0.384. The molecule has 0 fully saturated rings. The maximum Gasteiger partial charge on any atom is 0.292 e. The van der Waals surface area contributed by atoms with Crippen molar-refractivity contribution in [2.45, 2.75) is 13.0 Å². The van der Waals surface area contributed by atoms with Crippen LogP contribution in [0.3, 0.4) is 0 Å². The summed E-state index contributed by atoms with van der Waals surface area (Å²) in [5.74, 6) is 0. The van der Waals surface area contributed by atoms with Crippen molar-refractivity contribution in [3.63, 3.8) is 0 Å². The van der Waals surface area contributed by atoms with Gasteiger partial charge in [-0.05, 0) is 18.6 Å². The second kappa shape index (κ2) is 5.60. The largest absolute Gasteiger partial charge is 0.395 e. The van der Waals surface area contributed by atoms with Crippen molar-refractivity contribution in [1.82, 2.24) is 0 Å². The van der Waals surface area contributed by atoms with Gasteiger partial charge in [0, 0.05) is 19.7 Å². The van der Waals surface area contributed by atoms with E-state index in [0.29, 0.717) is 17.8 Å². The first-order valence-corrected chi connectivity index (χ1v) is 5.25. The number of nitrogens with zero attached hydrogens (tertiary/aromatic N) is 2. The number of rotatable bonds is 5. The summed E-state index contributed by atoms with van der Waals surface area (Å²) in [6.45, 7) is 1.79. The quantitative estimate of drug-likeness (QED) is 0.594. The first-order valence-electron chi connectivity index (χ1n) is 5.25. The van der Waals surface area contributed by atoms with Crippen LogP contribution >= 0.6 is 0 Å². The highest BCUT2D eigenvalue weighted by Crippen LogP contribution is 2.30. The molecule has 1 rings (SSSR count). The molecule has 0 amide bonds. The van der Waals surface area contributed by atoms with Gasteiger partial charge in [-0.2, -0.15) is 0 Å². The number of aliphatic hydroxyl groups is 2. The minimum absolute atomic E-state index is 0.0700. The van der Waals surface area contributed by atoms with Gasteiger partial charge in [-0.3, -0.25) is 10.1 Å². The Morgan fingerprint density at radius 1 is 1.53 bits per heavy atom. The molecule has 94 valence electrons. The average Bonchev–Trinajstić information content (AvgIpc) is 2.28. The SMILES string of the molecule is CC(O)c1ccc(N(C)CCO)c([N+](=O)[O-])c1. The second-order valence-electron chi connectivity index (χ2n) is 3.83. The molecule has 1 atom stereocenters. The van der Waals surface area contributed by atoms with Crippen LogP contribution in [0.5, 0.6) is 0 Å². The number of nitro groups is 1. The summed E-state index contributed by atoms with van der Waals surface area (Å²) >= 11 is 0. The molecule has 6 heteroatoms. The summed E-state index contributed by atoms with van der Waals surface area (Å²) < 4.78 is 0. The lowest BCUT2D eigenvalue weighted by Crippen LogP contribution is -2.22. The van der Waals surface area contributed by atoms with Gasteiger partial charge < -0.3 is 15.1 Å². The fraction of sp³-hybridized carbons (Fsp3) is 0.455. The fourth-order valence-electron chi connectivity index (χ4n) is 1.54. The minimum Gasteiger partial charge on any atom is -0.395 e. The molecule has 1 aromatic carbocycles.